The molecule has 1 amide bonds. The number of piperidine rings is 1. The topological polar surface area (TPSA) is 78.7 Å². The third kappa shape index (κ3) is 3.69. The van der Waals surface area contributed by atoms with Gasteiger partial charge in [0.15, 0.2) is 0 Å². The minimum absolute atomic E-state index is 0.0451. The number of aromatic nitrogens is 2. The molecule has 0 aliphatic carbocycles. The van der Waals surface area contributed by atoms with Gasteiger partial charge in [0.25, 0.3) is 5.56 Å². The summed E-state index contributed by atoms with van der Waals surface area (Å²) in [6.45, 7) is 3.46. The van der Waals surface area contributed by atoms with E-state index < -0.39 is 0 Å². The standard InChI is InChI=1S/C21H28N4O3/c26-15-14-25-20(22-17-7-2-1-6-16(17)21(25)28)18-8-5-11-23(18)12-13-24-10-4-3-9-19(24)27/h1-2,6-7,18,26H,3-5,8-15H2. The summed E-state index contributed by atoms with van der Waals surface area (Å²) in [7, 11) is 0. The number of hydrogen-bond acceptors (Lipinski definition) is 5. The maximum absolute atomic E-state index is 13.0. The molecule has 7 heteroatoms. The van der Waals surface area contributed by atoms with Crippen LogP contribution < -0.4 is 5.56 Å². The fraction of sp³-hybridized carbons (Fsp3) is 0.571. The molecule has 1 aromatic carbocycles. The number of aliphatic hydroxyl groups excluding tert-OH is 1. The first-order chi connectivity index (χ1) is 13.7. The minimum atomic E-state index is -0.0953. The van der Waals surface area contributed by atoms with E-state index in [9.17, 15) is 14.7 Å². The molecule has 2 saturated heterocycles. The van der Waals surface area contributed by atoms with Crippen LogP contribution in [0.15, 0.2) is 29.1 Å². The molecule has 2 aliphatic heterocycles. The lowest BCUT2D eigenvalue weighted by Gasteiger charge is -2.31. The van der Waals surface area contributed by atoms with Crippen molar-refractivity contribution in [2.45, 2.75) is 44.7 Å². The number of para-hydroxylation sites is 1. The van der Waals surface area contributed by atoms with Crippen LogP contribution in [0.5, 0.6) is 0 Å². The Balaban J connectivity index is 1.61. The van der Waals surface area contributed by atoms with E-state index in [0.29, 0.717) is 17.3 Å². The Bertz CT molecular complexity index is 910. The number of carbonyl (C=O) groups excluding carboxylic acids is 1. The Kier molecular flexibility index (Phi) is 5.73. The largest absolute Gasteiger partial charge is 0.395 e. The van der Waals surface area contributed by atoms with Crippen molar-refractivity contribution in [1.29, 1.82) is 0 Å². The molecular weight excluding hydrogens is 356 g/mol. The van der Waals surface area contributed by atoms with Gasteiger partial charge in [-0.3, -0.25) is 19.1 Å². The van der Waals surface area contributed by atoms with Crippen LogP contribution in [0.2, 0.25) is 0 Å². The molecule has 28 heavy (non-hydrogen) atoms. The number of benzene rings is 1. The third-order valence-electron chi connectivity index (χ3n) is 5.95. The van der Waals surface area contributed by atoms with E-state index in [0.717, 1.165) is 57.7 Å². The first-order valence-electron chi connectivity index (χ1n) is 10.3. The van der Waals surface area contributed by atoms with Crippen molar-refractivity contribution in [2.24, 2.45) is 0 Å². The molecule has 1 N–H and O–H groups in total. The van der Waals surface area contributed by atoms with Crippen molar-refractivity contribution in [3.05, 3.63) is 40.4 Å². The van der Waals surface area contributed by atoms with Crippen molar-refractivity contribution in [3.63, 3.8) is 0 Å². The van der Waals surface area contributed by atoms with Crippen LogP contribution in [0.3, 0.4) is 0 Å². The number of nitrogens with zero attached hydrogens (tertiary/aromatic N) is 4. The van der Waals surface area contributed by atoms with Crippen molar-refractivity contribution in [1.82, 2.24) is 19.4 Å². The predicted octanol–water partition coefficient (Wildman–Crippen LogP) is 1.54. The first-order valence-corrected chi connectivity index (χ1v) is 10.3. The van der Waals surface area contributed by atoms with Gasteiger partial charge in [0, 0.05) is 26.1 Å². The van der Waals surface area contributed by atoms with Gasteiger partial charge in [0.2, 0.25) is 5.91 Å². The molecule has 2 fully saturated rings. The van der Waals surface area contributed by atoms with E-state index in [-0.39, 0.29) is 30.7 Å². The summed E-state index contributed by atoms with van der Waals surface area (Å²) in [6, 6.07) is 7.44. The second-order valence-electron chi connectivity index (χ2n) is 7.70. The van der Waals surface area contributed by atoms with Gasteiger partial charge in [-0.05, 0) is 44.4 Å². The molecule has 0 saturated carbocycles. The molecule has 1 aromatic heterocycles. The van der Waals surface area contributed by atoms with Crippen LogP contribution in [0.1, 0.15) is 44.0 Å². The molecule has 2 aliphatic rings. The Morgan fingerprint density at radius 1 is 1.04 bits per heavy atom. The summed E-state index contributed by atoms with van der Waals surface area (Å²) in [5, 5.41) is 10.1. The van der Waals surface area contributed by atoms with Gasteiger partial charge < -0.3 is 10.0 Å². The molecular formula is C21H28N4O3. The Labute approximate surface area is 164 Å². The zero-order chi connectivity index (χ0) is 19.5. The van der Waals surface area contributed by atoms with Crippen LogP contribution in [-0.2, 0) is 11.3 Å². The SMILES string of the molecule is O=C1CCCCN1CCN1CCCC1c1nc2ccccc2c(=O)n1CCO. The molecule has 150 valence electrons. The van der Waals surface area contributed by atoms with Crippen LogP contribution in [0.25, 0.3) is 10.9 Å². The normalized spacial score (nSPS) is 21.0. The Morgan fingerprint density at radius 3 is 2.71 bits per heavy atom. The smallest absolute Gasteiger partial charge is 0.261 e. The number of fused-ring (bicyclic) bond motifs is 1. The van der Waals surface area contributed by atoms with E-state index in [4.69, 9.17) is 4.98 Å². The summed E-state index contributed by atoms with van der Waals surface area (Å²) in [5.74, 6) is 0.989. The predicted molar refractivity (Wildman–Crippen MR) is 107 cm³/mol. The average molecular weight is 384 g/mol. The maximum Gasteiger partial charge on any atom is 0.261 e. The zero-order valence-corrected chi connectivity index (χ0v) is 16.2. The van der Waals surface area contributed by atoms with Crippen LogP contribution in [0.4, 0.5) is 0 Å². The highest BCUT2D eigenvalue weighted by Gasteiger charge is 2.31. The van der Waals surface area contributed by atoms with E-state index in [1.165, 1.54) is 0 Å². The molecule has 0 bridgehead atoms. The van der Waals surface area contributed by atoms with Crippen molar-refractivity contribution in [3.8, 4) is 0 Å². The molecule has 1 unspecified atom stereocenters. The summed E-state index contributed by atoms with van der Waals surface area (Å²) in [6.07, 6.45) is 4.71. The first kappa shape index (κ1) is 19.1. The fourth-order valence-corrected chi connectivity index (χ4v) is 4.49. The van der Waals surface area contributed by atoms with Crippen LogP contribution in [0, 0.1) is 0 Å². The summed E-state index contributed by atoms with van der Waals surface area (Å²) in [4.78, 5) is 34.2. The number of aliphatic hydroxyl groups is 1. The maximum atomic E-state index is 13.0. The highest BCUT2D eigenvalue weighted by atomic mass is 16.3. The summed E-state index contributed by atoms with van der Waals surface area (Å²) in [5.41, 5.74) is 0.613. The van der Waals surface area contributed by atoms with Crippen molar-refractivity contribution >= 4 is 16.8 Å². The average Bonchev–Trinajstić information content (AvgIpc) is 3.18. The fourth-order valence-electron chi connectivity index (χ4n) is 4.49. The van der Waals surface area contributed by atoms with E-state index in [2.05, 4.69) is 4.90 Å². The van der Waals surface area contributed by atoms with Gasteiger partial charge in [0.1, 0.15) is 5.82 Å². The van der Waals surface area contributed by atoms with Gasteiger partial charge in [-0.2, -0.15) is 0 Å². The zero-order valence-electron chi connectivity index (χ0n) is 16.2. The minimum Gasteiger partial charge on any atom is -0.395 e. The molecule has 7 nitrogen and oxygen atoms in total. The Hall–Kier alpha value is -2.25. The Morgan fingerprint density at radius 2 is 1.89 bits per heavy atom. The van der Waals surface area contributed by atoms with Crippen LogP contribution >= 0.6 is 0 Å². The number of carbonyl (C=O) groups is 1. The van der Waals surface area contributed by atoms with Gasteiger partial charge in [-0.15, -0.1) is 0 Å². The van der Waals surface area contributed by atoms with Gasteiger partial charge in [-0.25, -0.2) is 4.98 Å². The monoisotopic (exact) mass is 384 g/mol. The second kappa shape index (κ2) is 8.41. The second-order valence-corrected chi connectivity index (χ2v) is 7.70. The van der Waals surface area contributed by atoms with Gasteiger partial charge >= 0.3 is 0 Å². The number of amides is 1. The van der Waals surface area contributed by atoms with E-state index in [1.807, 2.05) is 23.1 Å². The number of likely N-dealkylation sites (tertiary alicyclic amines) is 2. The van der Waals surface area contributed by atoms with Gasteiger partial charge in [-0.1, -0.05) is 12.1 Å². The molecule has 1 atom stereocenters. The third-order valence-corrected chi connectivity index (χ3v) is 5.95. The molecule has 2 aromatic rings. The number of hydrogen-bond donors (Lipinski definition) is 1. The lowest BCUT2D eigenvalue weighted by atomic mass is 10.1. The molecule has 4 rings (SSSR count). The lowest BCUT2D eigenvalue weighted by Crippen LogP contribution is -2.41. The van der Waals surface area contributed by atoms with Crippen molar-refractivity contribution in [2.75, 3.05) is 32.8 Å². The van der Waals surface area contributed by atoms with E-state index >= 15 is 0 Å². The summed E-state index contributed by atoms with van der Waals surface area (Å²) >= 11 is 0. The summed E-state index contributed by atoms with van der Waals surface area (Å²) < 4.78 is 1.64. The molecule has 0 radical (unpaired) electrons. The highest BCUT2D eigenvalue weighted by Crippen LogP contribution is 2.31. The molecule has 3 heterocycles. The lowest BCUT2D eigenvalue weighted by molar-refractivity contribution is -0.133. The van der Waals surface area contributed by atoms with E-state index in [1.54, 1.807) is 10.6 Å². The van der Waals surface area contributed by atoms with Crippen molar-refractivity contribution < 1.29 is 9.90 Å². The quantitative estimate of drug-likeness (QED) is 0.817. The molecule has 0 spiro atoms. The number of rotatable bonds is 6. The highest BCUT2D eigenvalue weighted by molar-refractivity contribution is 5.77. The van der Waals surface area contributed by atoms with Crippen LogP contribution in [-0.4, -0.2) is 63.2 Å². The van der Waals surface area contributed by atoms with Gasteiger partial charge in [0.05, 0.1) is 30.1 Å².